The van der Waals surface area contributed by atoms with Gasteiger partial charge in [0.05, 0.1) is 0 Å². The highest BCUT2D eigenvalue weighted by molar-refractivity contribution is 5.03. The van der Waals surface area contributed by atoms with Crippen molar-refractivity contribution in [2.75, 3.05) is 0 Å². The van der Waals surface area contributed by atoms with Crippen LogP contribution in [0.2, 0.25) is 0 Å². The maximum atomic E-state index is 2.47. The molecule has 2 aliphatic carbocycles. The zero-order chi connectivity index (χ0) is 8.22. The van der Waals surface area contributed by atoms with Crippen LogP contribution in [0.5, 0.6) is 0 Å². The molecule has 64 valence electrons. The fourth-order valence-corrected chi connectivity index (χ4v) is 3.84. The molecule has 0 radical (unpaired) electrons. The summed E-state index contributed by atoms with van der Waals surface area (Å²) in [5.41, 5.74) is 0.641. The zero-order valence-electron chi connectivity index (χ0n) is 8.22. The van der Waals surface area contributed by atoms with E-state index in [1.54, 1.807) is 0 Å². The summed E-state index contributed by atoms with van der Waals surface area (Å²) in [6.45, 7) is 9.86. The van der Waals surface area contributed by atoms with Crippen LogP contribution in [0.4, 0.5) is 0 Å². The topological polar surface area (TPSA) is 0 Å². The lowest BCUT2D eigenvalue weighted by molar-refractivity contribution is 0.136. The Morgan fingerprint density at radius 2 is 1.73 bits per heavy atom. The van der Waals surface area contributed by atoms with Crippen molar-refractivity contribution in [3.05, 3.63) is 0 Å². The summed E-state index contributed by atoms with van der Waals surface area (Å²) in [6.07, 6.45) is 3.01. The third-order valence-electron chi connectivity index (χ3n) is 4.89. The van der Waals surface area contributed by atoms with Crippen molar-refractivity contribution in [3.63, 3.8) is 0 Å². The van der Waals surface area contributed by atoms with Gasteiger partial charge in [-0.15, -0.1) is 0 Å². The Morgan fingerprint density at radius 3 is 2.00 bits per heavy atom. The average Bonchev–Trinajstić information content (AvgIpc) is 2.34. The van der Waals surface area contributed by atoms with Crippen LogP contribution < -0.4 is 0 Å². The van der Waals surface area contributed by atoms with Gasteiger partial charge in [0.2, 0.25) is 0 Å². The van der Waals surface area contributed by atoms with Crippen LogP contribution in [0.25, 0.3) is 0 Å². The molecule has 0 aromatic rings. The molecule has 2 bridgehead atoms. The second kappa shape index (κ2) is 2.02. The zero-order valence-corrected chi connectivity index (χ0v) is 8.22. The lowest BCUT2D eigenvalue weighted by atomic mass is 9.69. The van der Waals surface area contributed by atoms with Gasteiger partial charge in [-0.3, -0.25) is 0 Å². The van der Waals surface area contributed by atoms with E-state index in [4.69, 9.17) is 0 Å². The van der Waals surface area contributed by atoms with Gasteiger partial charge in [0, 0.05) is 0 Å². The molecule has 0 N–H and O–H groups in total. The Bertz CT molecular complexity index is 169. The van der Waals surface area contributed by atoms with Gasteiger partial charge in [0.15, 0.2) is 0 Å². The van der Waals surface area contributed by atoms with Gasteiger partial charge in [-0.1, -0.05) is 27.7 Å². The fourth-order valence-electron chi connectivity index (χ4n) is 3.84. The van der Waals surface area contributed by atoms with Crippen molar-refractivity contribution in [3.8, 4) is 0 Å². The molecule has 2 aliphatic rings. The van der Waals surface area contributed by atoms with Gasteiger partial charge in [-0.2, -0.15) is 0 Å². The lowest BCUT2D eigenvalue weighted by Crippen LogP contribution is -2.28. The predicted octanol–water partition coefficient (Wildman–Crippen LogP) is 3.32. The first-order valence-corrected chi connectivity index (χ1v) is 5.05. The maximum absolute atomic E-state index is 2.47. The van der Waals surface area contributed by atoms with Crippen LogP contribution in [0, 0.1) is 29.1 Å². The highest BCUT2D eigenvalue weighted by Gasteiger charge is 2.54. The Kier molecular flexibility index (Phi) is 1.41. The largest absolute Gasteiger partial charge is 0.0619 e. The number of rotatable bonds is 0. The highest BCUT2D eigenvalue weighted by atomic mass is 14.6. The van der Waals surface area contributed by atoms with E-state index in [1.807, 2.05) is 0 Å². The van der Waals surface area contributed by atoms with Crippen LogP contribution in [-0.2, 0) is 0 Å². The highest BCUT2D eigenvalue weighted by Crippen LogP contribution is 2.61. The molecule has 0 aromatic heterocycles. The van der Waals surface area contributed by atoms with E-state index in [2.05, 4.69) is 27.7 Å². The van der Waals surface area contributed by atoms with E-state index in [0.29, 0.717) is 5.41 Å². The standard InChI is InChI=1S/C11H20/c1-7-9-5-6-10(7)11(3,4)8(9)2/h7-10H,5-6H2,1-4H3/t7-,8-,9+,10-/m0/s1. The van der Waals surface area contributed by atoms with E-state index in [9.17, 15) is 0 Å². The second-order valence-corrected chi connectivity index (χ2v) is 5.32. The first-order chi connectivity index (χ1) is 5.05. The SMILES string of the molecule is C[C@H]1[C@H]2CC[C@@H]1C(C)(C)[C@H]2C. The van der Waals surface area contributed by atoms with Gasteiger partial charge >= 0.3 is 0 Å². The van der Waals surface area contributed by atoms with Gasteiger partial charge in [0.1, 0.15) is 0 Å². The van der Waals surface area contributed by atoms with Gasteiger partial charge in [0.25, 0.3) is 0 Å². The first kappa shape index (κ1) is 7.64. The molecule has 11 heavy (non-hydrogen) atoms. The molecule has 0 amide bonds. The van der Waals surface area contributed by atoms with Crippen LogP contribution >= 0.6 is 0 Å². The molecular formula is C11H20. The first-order valence-electron chi connectivity index (χ1n) is 5.05. The van der Waals surface area contributed by atoms with Crippen molar-refractivity contribution < 1.29 is 0 Å². The van der Waals surface area contributed by atoms with Crippen molar-refractivity contribution in [2.24, 2.45) is 29.1 Å². The lowest BCUT2D eigenvalue weighted by Gasteiger charge is -2.35. The van der Waals surface area contributed by atoms with E-state index >= 15 is 0 Å². The Labute approximate surface area is 70.4 Å². The fraction of sp³-hybridized carbons (Fsp3) is 1.00. The quantitative estimate of drug-likeness (QED) is 0.499. The molecule has 0 heterocycles. The van der Waals surface area contributed by atoms with Crippen molar-refractivity contribution in [2.45, 2.75) is 40.5 Å². The molecule has 0 aromatic carbocycles. The summed E-state index contributed by atoms with van der Waals surface area (Å²) in [4.78, 5) is 0. The van der Waals surface area contributed by atoms with Gasteiger partial charge < -0.3 is 0 Å². The molecular weight excluding hydrogens is 132 g/mol. The Morgan fingerprint density at radius 1 is 1.09 bits per heavy atom. The minimum absolute atomic E-state index is 0.641. The monoisotopic (exact) mass is 152 g/mol. The summed E-state index contributed by atoms with van der Waals surface area (Å²) in [6, 6.07) is 0. The molecule has 0 aliphatic heterocycles. The summed E-state index contributed by atoms with van der Waals surface area (Å²) in [7, 11) is 0. The Balaban J connectivity index is 2.31. The summed E-state index contributed by atoms with van der Waals surface area (Å²) in [5, 5.41) is 0. The molecule has 0 saturated heterocycles. The van der Waals surface area contributed by atoms with Crippen molar-refractivity contribution in [1.29, 1.82) is 0 Å². The predicted molar refractivity (Wildman–Crippen MR) is 48.3 cm³/mol. The summed E-state index contributed by atoms with van der Waals surface area (Å²) >= 11 is 0. The third kappa shape index (κ3) is 0.761. The van der Waals surface area contributed by atoms with Crippen LogP contribution in [0.3, 0.4) is 0 Å². The van der Waals surface area contributed by atoms with Gasteiger partial charge in [-0.05, 0) is 41.9 Å². The van der Waals surface area contributed by atoms with E-state index in [-0.39, 0.29) is 0 Å². The molecule has 0 nitrogen and oxygen atoms in total. The van der Waals surface area contributed by atoms with E-state index in [1.165, 1.54) is 12.8 Å². The van der Waals surface area contributed by atoms with E-state index < -0.39 is 0 Å². The molecule has 4 atom stereocenters. The minimum atomic E-state index is 0.641. The number of fused-ring (bicyclic) bond motifs is 2. The van der Waals surface area contributed by atoms with Crippen molar-refractivity contribution in [1.82, 2.24) is 0 Å². The summed E-state index contributed by atoms with van der Waals surface area (Å²) < 4.78 is 0. The number of hydrogen-bond acceptors (Lipinski definition) is 0. The normalized spacial score (nSPS) is 53.5. The van der Waals surface area contributed by atoms with Crippen molar-refractivity contribution >= 4 is 0 Å². The Hall–Kier alpha value is 0. The maximum Gasteiger partial charge on any atom is -0.0295 e. The molecule has 0 spiro atoms. The molecule has 2 fully saturated rings. The molecule has 0 unspecified atom stereocenters. The van der Waals surface area contributed by atoms with Crippen LogP contribution in [0.15, 0.2) is 0 Å². The number of hydrogen-bond donors (Lipinski definition) is 0. The van der Waals surface area contributed by atoms with Crippen LogP contribution in [-0.4, -0.2) is 0 Å². The van der Waals surface area contributed by atoms with Gasteiger partial charge in [-0.25, -0.2) is 0 Å². The summed E-state index contributed by atoms with van der Waals surface area (Å²) in [5.74, 6) is 4.06. The van der Waals surface area contributed by atoms with E-state index in [0.717, 1.165) is 23.7 Å². The molecule has 2 saturated carbocycles. The average molecular weight is 152 g/mol. The minimum Gasteiger partial charge on any atom is -0.0619 e. The molecule has 2 rings (SSSR count). The third-order valence-corrected chi connectivity index (χ3v) is 4.89. The van der Waals surface area contributed by atoms with Crippen LogP contribution in [0.1, 0.15) is 40.5 Å². The molecule has 0 heteroatoms. The smallest absolute Gasteiger partial charge is 0.0295 e. The second-order valence-electron chi connectivity index (χ2n) is 5.32.